The zero-order valence-electron chi connectivity index (χ0n) is 10.5. The minimum Gasteiger partial charge on any atom is -0.289 e. The highest BCUT2D eigenvalue weighted by atomic mass is 127. The molecule has 0 aliphatic carbocycles. The molecule has 0 saturated heterocycles. The first-order valence-electron chi connectivity index (χ1n) is 5.58. The maximum absolute atomic E-state index is 13.1. The van der Waals surface area contributed by atoms with Crippen LogP contribution in [0.1, 0.15) is 19.5 Å². The van der Waals surface area contributed by atoms with Gasteiger partial charge in [0.25, 0.3) is 0 Å². The Labute approximate surface area is 131 Å². The molecule has 0 spiro atoms. The third-order valence-electron chi connectivity index (χ3n) is 2.17. The van der Waals surface area contributed by atoms with Crippen molar-refractivity contribution in [3.8, 4) is 5.82 Å². The van der Waals surface area contributed by atoms with Crippen LogP contribution in [-0.4, -0.2) is 24.8 Å². The van der Waals surface area contributed by atoms with E-state index >= 15 is 0 Å². The molecule has 0 N–H and O–H groups in total. The summed E-state index contributed by atoms with van der Waals surface area (Å²) in [4.78, 5) is 11.7. The van der Waals surface area contributed by atoms with Crippen LogP contribution in [0.25, 0.3) is 5.82 Å². The molecule has 0 aromatic carbocycles. The van der Waals surface area contributed by atoms with Crippen molar-refractivity contribution in [3.63, 3.8) is 0 Å². The zero-order chi connectivity index (χ0) is 14.9. The molecule has 2 rings (SSSR count). The average molecular weight is 414 g/mol. The SMILES string of the molecule is CC(C)Sc1nc(-n2ccnc2)c(I)c(C(F)(F)F)n1. The van der Waals surface area contributed by atoms with E-state index in [9.17, 15) is 13.2 Å². The maximum Gasteiger partial charge on any atom is 0.434 e. The van der Waals surface area contributed by atoms with Gasteiger partial charge in [-0.05, 0) is 22.6 Å². The fourth-order valence-corrected chi connectivity index (χ4v) is 2.95. The summed E-state index contributed by atoms with van der Waals surface area (Å²) >= 11 is 2.80. The summed E-state index contributed by atoms with van der Waals surface area (Å²) in [6, 6.07) is 0. The lowest BCUT2D eigenvalue weighted by Gasteiger charge is -2.14. The van der Waals surface area contributed by atoms with Gasteiger partial charge in [-0.25, -0.2) is 15.0 Å². The highest BCUT2D eigenvalue weighted by molar-refractivity contribution is 14.1. The van der Waals surface area contributed by atoms with Crippen LogP contribution in [0, 0.1) is 3.57 Å². The monoisotopic (exact) mass is 414 g/mol. The molecule has 0 unspecified atom stereocenters. The van der Waals surface area contributed by atoms with E-state index in [0.29, 0.717) is 0 Å². The largest absolute Gasteiger partial charge is 0.434 e. The lowest BCUT2D eigenvalue weighted by Crippen LogP contribution is -2.15. The topological polar surface area (TPSA) is 43.6 Å². The van der Waals surface area contributed by atoms with Crippen molar-refractivity contribution < 1.29 is 13.2 Å². The zero-order valence-corrected chi connectivity index (χ0v) is 13.5. The minimum atomic E-state index is -4.51. The van der Waals surface area contributed by atoms with Crippen LogP contribution in [0.5, 0.6) is 0 Å². The predicted molar refractivity (Wildman–Crippen MR) is 77.9 cm³/mol. The minimum absolute atomic E-state index is 0.0405. The van der Waals surface area contributed by atoms with Crippen LogP contribution >= 0.6 is 34.4 Å². The van der Waals surface area contributed by atoms with Crippen molar-refractivity contribution in [2.75, 3.05) is 0 Å². The van der Waals surface area contributed by atoms with Crippen molar-refractivity contribution in [2.24, 2.45) is 0 Å². The fraction of sp³-hybridized carbons (Fsp3) is 0.364. The Morgan fingerprint density at radius 2 is 2.00 bits per heavy atom. The van der Waals surface area contributed by atoms with Gasteiger partial charge in [-0.3, -0.25) is 4.57 Å². The van der Waals surface area contributed by atoms with Crippen molar-refractivity contribution in [1.29, 1.82) is 0 Å². The number of alkyl halides is 3. The van der Waals surface area contributed by atoms with Gasteiger partial charge in [-0.2, -0.15) is 13.2 Å². The standard InChI is InChI=1S/C11H10F3IN4S/c1-6(2)20-10-17-8(11(12,13)14)7(15)9(18-10)19-4-3-16-5-19/h3-6H,1-2H3. The van der Waals surface area contributed by atoms with Crippen LogP contribution in [0.4, 0.5) is 13.2 Å². The molecular formula is C11H10F3IN4S. The van der Waals surface area contributed by atoms with Crippen molar-refractivity contribution in [2.45, 2.75) is 30.4 Å². The Hall–Kier alpha value is -0.840. The first-order chi connectivity index (χ1) is 9.29. The molecule has 0 radical (unpaired) electrons. The number of aromatic nitrogens is 4. The quantitative estimate of drug-likeness (QED) is 0.436. The lowest BCUT2D eigenvalue weighted by atomic mass is 10.4. The molecule has 0 atom stereocenters. The predicted octanol–water partition coefficient (Wildman–Crippen LogP) is 3.79. The van der Waals surface area contributed by atoms with Crippen LogP contribution in [-0.2, 0) is 6.18 Å². The number of rotatable bonds is 3. The smallest absolute Gasteiger partial charge is 0.289 e. The van der Waals surface area contributed by atoms with E-state index in [-0.39, 0.29) is 19.8 Å². The molecule has 9 heteroatoms. The Morgan fingerprint density at radius 3 is 2.50 bits per heavy atom. The van der Waals surface area contributed by atoms with Crippen LogP contribution < -0.4 is 0 Å². The molecule has 0 saturated carbocycles. The molecule has 0 bridgehead atoms. The van der Waals surface area contributed by atoms with E-state index in [4.69, 9.17) is 0 Å². The summed E-state index contributed by atoms with van der Waals surface area (Å²) in [6.45, 7) is 3.74. The van der Waals surface area contributed by atoms with Gasteiger partial charge < -0.3 is 0 Å². The number of nitrogens with zero attached hydrogens (tertiary/aromatic N) is 4. The summed E-state index contributed by atoms with van der Waals surface area (Å²) in [7, 11) is 0. The van der Waals surface area contributed by atoms with E-state index in [1.54, 1.807) is 28.8 Å². The molecule has 20 heavy (non-hydrogen) atoms. The van der Waals surface area contributed by atoms with Crippen LogP contribution in [0.15, 0.2) is 23.9 Å². The molecule has 4 nitrogen and oxygen atoms in total. The fourth-order valence-electron chi connectivity index (χ4n) is 1.42. The summed E-state index contributed by atoms with van der Waals surface area (Å²) in [6.07, 6.45) is -0.0647. The summed E-state index contributed by atoms with van der Waals surface area (Å²) in [5.41, 5.74) is -0.917. The van der Waals surface area contributed by atoms with Crippen molar-refractivity contribution >= 4 is 34.4 Å². The third-order valence-corrected chi connectivity index (χ3v) is 4.03. The van der Waals surface area contributed by atoms with E-state index in [2.05, 4.69) is 15.0 Å². The number of hydrogen-bond donors (Lipinski definition) is 0. The molecule has 2 aromatic heterocycles. The molecule has 0 aliphatic rings. The number of hydrogen-bond acceptors (Lipinski definition) is 4. The van der Waals surface area contributed by atoms with Gasteiger partial charge in [0.15, 0.2) is 16.7 Å². The van der Waals surface area contributed by atoms with E-state index in [1.165, 1.54) is 28.9 Å². The van der Waals surface area contributed by atoms with E-state index < -0.39 is 11.9 Å². The van der Waals surface area contributed by atoms with Gasteiger partial charge in [-0.15, -0.1) is 0 Å². The number of imidazole rings is 1. The first-order valence-corrected chi connectivity index (χ1v) is 7.54. The van der Waals surface area contributed by atoms with Gasteiger partial charge in [0.1, 0.15) is 6.33 Å². The Bertz CT molecular complexity index is 598. The molecule has 0 fully saturated rings. The van der Waals surface area contributed by atoms with Gasteiger partial charge >= 0.3 is 6.18 Å². The van der Waals surface area contributed by atoms with Crippen LogP contribution in [0.3, 0.4) is 0 Å². The second-order valence-corrected chi connectivity index (χ2v) is 6.75. The second-order valence-electron chi connectivity index (χ2n) is 4.13. The average Bonchev–Trinajstić information content (AvgIpc) is 2.82. The van der Waals surface area contributed by atoms with Gasteiger partial charge in [0, 0.05) is 17.6 Å². The molecule has 0 aliphatic heterocycles. The normalized spacial score (nSPS) is 12.2. The third kappa shape index (κ3) is 3.43. The molecular weight excluding hydrogens is 404 g/mol. The summed E-state index contributed by atoms with van der Waals surface area (Å²) < 4.78 is 40.6. The van der Waals surface area contributed by atoms with Crippen molar-refractivity contribution in [1.82, 2.24) is 19.5 Å². The lowest BCUT2D eigenvalue weighted by molar-refractivity contribution is -0.142. The Balaban J connectivity index is 2.61. The molecule has 2 heterocycles. The first kappa shape index (κ1) is 15.5. The molecule has 2 aromatic rings. The van der Waals surface area contributed by atoms with E-state index in [0.717, 1.165) is 0 Å². The summed E-state index contributed by atoms with van der Waals surface area (Å²) in [5, 5.41) is 0.197. The number of halogens is 4. The molecule has 108 valence electrons. The van der Waals surface area contributed by atoms with Gasteiger partial charge in [-0.1, -0.05) is 25.6 Å². The number of thioether (sulfide) groups is 1. The van der Waals surface area contributed by atoms with Gasteiger partial charge in [0.05, 0.1) is 3.57 Å². The van der Waals surface area contributed by atoms with Crippen molar-refractivity contribution in [3.05, 3.63) is 28.0 Å². The second kappa shape index (κ2) is 5.88. The molecule has 0 amide bonds. The highest BCUT2D eigenvalue weighted by Gasteiger charge is 2.37. The van der Waals surface area contributed by atoms with Crippen LogP contribution in [0.2, 0.25) is 0 Å². The maximum atomic E-state index is 13.1. The Kier molecular flexibility index (Phi) is 4.57. The Morgan fingerprint density at radius 1 is 1.30 bits per heavy atom. The van der Waals surface area contributed by atoms with Gasteiger partial charge in [0.2, 0.25) is 0 Å². The highest BCUT2D eigenvalue weighted by Crippen LogP contribution is 2.35. The summed E-state index contributed by atoms with van der Waals surface area (Å²) in [5.74, 6) is 0.188. The van der Waals surface area contributed by atoms with E-state index in [1.807, 2.05) is 13.8 Å².